The predicted octanol–water partition coefficient (Wildman–Crippen LogP) is 4.28. The third kappa shape index (κ3) is 4.07. The predicted molar refractivity (Wildman–Crippen MR) is 111 cm³/mol. The summed E-state index contributed by atoms with van der Waals surface area (Å²) in [6, 6.07) is 3.11. The lowest BCUT2D eigenvalue weighted by Crippen LogP contribution is -2.20. The van der Waals surface area contributed by atoms with E-state index < -0.39 is 56.2 Å². The van der Waals surface area contributed by atoms with Crippen molar-refractivity contribution in [3.63, 3.8) is 0 Å². The van der Waals surface area contributed by atoms with Gasteiger partial charge in [0.1, 0.15) is 22.6 Å². The molecule has 1 saturated heterocycles. The van der Waals surface area contributed by atoms with E-state index in [9.17, 15) is 34.8 Å². The van der Waals surface area contributed by atoms with Crippen LogP contribution in [0.1, 0.15) is 36.7 Å². The molecule has 4 aromatic heterocycles. The normalized spacial score (nSPS) is 17.8. The zero-order chi connectivity index (χ0) is 26.0. The number of halogens is 6. The van der Waals surface area contributed by atoms with Crippen molar-refractivity contribution in [1.82, 2.24) is 29.4 Å². The van der Waals surface area contributed by atoms with Gasteiger partial charge in [-0.25, -0.2) is 27.6 Å². The van der Waals surface area contributed by atoms with Crippen LogP contribution in [0.5, 0.6) is 0 Å². The number of rotatable bonds is 3. The van der Waals surface area contributed by atoms with Crippen LogP contribution in [-0.4, -0.2) is 50.6 Å². The largest absolute Gasteiger partial charge is 0.433 e. The molecule has 1 aliphatic rings. The minimum atomic E-state index is -5.02. The third-order valence-electron chi connectivity index (χ3n) is 5.65. The van der Waals surface area contributed by atoms with Gasteiger partial charge in [-0.15, -0.1) is 5.10 Å². The van der Waals surface area contributed by atoms with Crippen LogP contribution < -0.4 is 0 Å². The van der Waals surface area contributed by atoms with Crippen molar-refractivity contribution in [3.05, 3.63) is 35.7 Å². The lowest BCUT2D eigenvalue weighted by atomic mass is 10.1. The fourth-order valence-corrected chi connectivity index (χ4v) is 4.58. The molecule has 4 aromatic rings. The van der Waals surface area contributed by atoms with Crippen LogP contribution in [0, 0.1) is 0 Å². The van der Waals surface area contributed by atoms with Crippen LogP contribution in [0.4, 0.5) is 26.3 Å². The van der Waals surface area contributed by atoms with Crippen molar-refractivity contribution in [3.8, 4) is 11.4 Å². The second-order valence-corrected chi connectivity index (χ2v) is 10.1. The highest BCUT2D eigenvalue weighted by molar-refractivity contribution is 7.90. The Morgan fingerprint density at radius 1 is 1.03 bits per heavy atom. The highest BCUT2D eigenvalue weighted by Gasteiger charge is 2.40. The molecule has 16 heteroatoms. The molecule has 0 spiro atoms. The minimum Gasteiger partial charge on any atom is -0.356 e. The molecule has 9 nitrogen and oxygen atoms in total. The van der Waals surface area contributed by atoms with Gasteiger partial charge in [-0.05, 0) is 31.4 Å². The first-order chi connectivity index (χ1) is 16.8. The molecule has 0 N–H and O–H groups in total. The highest BCUT2D eigenvalue weighted by atomic mass is 32.2. The number of fused-ring (bicyclic) bond motifs is 3. The van der Waals surface area contributed by atoms with Crippen molar-refractivity contribution in [1.29, 1.82) is 0 Å². The average Bonchev–Trinajstić information content (AvgIpc) is 3.35. The first-order valence-corrected chi connectivity index (χ1v) is 12.4. The second kappa shape index (κ2) is 8.12. The summed E-state index contributed by atoms with van der Waals surface area (Å²) in [4.78, 5) is 6.98. The highest BCUT2D eigenvalue weighted by Crippen LogP contribution is 2.41. The average molecular weight is 534 g/mol. The van der Waals surface area contributed by atoms with E-state index in [2.05, 4.69) is 20.2 Å². The van der Waals surface area contributed by atoms with Crippen LogP contribution in [0.15, 0.2) is 29.6 Å². The summed E-state index contributed by atoms with van der Waals surface area (Å²) in [5.74, 6) is 0. The lowest BCUT2D eigenvalue weighted by Gasteiger charge is -2.22. The number of ether oxygens (including phenoxy) is 1. The molecular formula is C20H16F6N6O3S. The smallest absolute Gasteiger partial charge is 0.356 e. The summed E-state index contributed by atoms with van der Waals surface area (Å²) in [5, 5.41) is 7.21. The van der Waals surface area contributed by atoms with Crippen molar-refractivity contribution in [2.45, 2.75) is 43.0 Å². The first kappa shape index (κ1) is 24.4. The lowest BCUT2D eigenvalue weighted by molar-refractivity contribution is -0.142. The molecule has 0 amide bonds. The summed E-state index contributed by atoms with van der Waals surface area (Å²) in [6.45, 7) is 0.308. The fraction of sp³-hybridized carbons (Fsp3) is 0.400. The standard InChI is InChI=1S/C20H16F6N6O3S/c1-36(33,34)18-27-9-10(19(21,22)23)15(28-18)16-14-11-5-4-6-12(20(24,25)26)31(11)30-17(14)32(29-16)13-7-2-3-8-35-13/h4-6,9,13H,2-3,7-8H2,1H3. The summed E-state index contributed by atoms with van der Waals surface area (Å²) in [5.41, 5.74) is -4.31. The summed E-state index contributed by atoms with van der Waals surface area (Å²) in [6.07, 6.45) is -7.83. The number of aromatic nitrogens is 6. The molecule has 192 valence electrons. The SMILES string of the molecule is CS(=O)(=O)c1ncc(C(F)(F)F)c(-c2nn(C3CCCCO3)c3nn4c(C(F)(F)F)cccc4c23)n1. The maximum absolute atomic E-state index is 13.9. The number of hydrogen-bond acceptors (Lipinski definition) is 7. The van der Waals surface area contributed by atoms with E-state index in [0.29, 0.717) is 36.4 Å². The van der Waals surface area contributed by atoms with Gasteiger partial charge < -0.3 is 4.74 Å². The van der Waals surface area contributed by atoms with Gasteiger partial charge in [-0.3, -0.25) is 0 Å². The summed E-state index contributed by atoms with van der Waals surface area (Å²) >= 11 is 0. The van der Waals surface area contributed by atoms with Gasteiger partial charge in [-0.1, -0.05) is 6.07 Å². The van der Waals surface area contributed by atoms with E-state index >= 15 is 0 Å². The molecule has 1 fully saturated rings. The Bertz CT molecular complexity index is 1590. The molecular weight excluding hydrogens is 518 g/mol. The Labute approximate surface area is 198 Å². The van der Waals surface area contributed by atoms with Crippen molar-refractivity contribution < 1.29 is 39.5 Å². The molecule has 1 unspecified atom stereocenters. The Morgan fingerprint density at radius 2 is 1.78 bits per heavy atom. The monoisotopic (exact) mass is 534 g/mol. The number of nitrogens with zero attached hydrogens (tertiary/aromatic N) is 6. The van der Waals surface area contributed by atoms with Gasteiger partial charge in [0.15, 0.2) is 11.9 Å². The summed E-state index contributed by atoms with van der Waals surface area (Å²) in [7, 11) is -4.14. The van der Waals surface area contributed by atoms with E-state index in [4.69, 9.17) is 4.74 Å². The zero-order valence-electron chi connectivity index (χ0n) is 18.3. The van der Waals surface area contributed by atoms with E-state index in [1.165, 1.54) is 6.07 Å². The van der Waals surface area contributed by atoms with E-state index in [-0.39, 0.29) is 16.6 Å². The van der Waals surface area contributed by atoms with Crippen molar-refractivity contribution in [2.24, 2.45) is 0 Å². The third-order valence-corrected chi connectivity index (χ3v) is 6.51. The second-order valence-electron chi connectivity index (χ2n) is 8.20. The number of sulfone groups is 1. The first-order valence-electron chi connectivity index (χ1n) is 10.5. The molecule has 1 aliphatic heterocycles. The Kier molecular flexibility index (Phi) is 5.51. The minimum absolute atomic E-state index is 0.166. The molecule has 0 saturated carbocycles. The van der Waals surface area contributed by atoms with E-state index in [1.54, 1.807) is 0 Å². The van der Waals surface area contributed by atoms with Crippen molar-refractivity contribution >= 4 is 26.4 Å². The van der Waals surface area contributed by atoms with Crippen LogP contribution in [0.25, 0.3) is 27.9 Å². The Morgan fingerprint density at radius 3 is 2.39 bits per heavy atom. The van der Waals surface area contributed by atoms with Crippen LogP contribution in [0.2, 0.25) is 0 Å². The molecule has 5 rings (SSSR count). The van der Waals surface area contributed by atoms with Gasteiger partial charge in [0.05, 0.1) is 10.9 Å². The van der Waals surface area contributed by atoms with E-state index in [0.717, 1.165) is 23.2 Å². The van der Waals surface area contributed by atoms with Gasteiger partial charge >= 0.3 is 12.4 Å². The quantitative estimate of drug-likeness (QED) is 0.286. The Balaban J connectivity index is 1.91. The maximum atomic E-state index is 13.9. The fourth-order valence-electron chi connectivity index (χ4n) is 4.08. The van der Waals surface area contributed by atoms with Crippen LogP contribution in [0.3, 0.4) is 0 Å². The molecule has 0 aliphatic carbocycles. The van der Waals surface area contributed by atoms with E-state index in [1.807, 2.05) is 0 Å². The zero-order valence-corrected chi connectivity index (χ0v) is 19.1. The molecule has 0 bridgehead atoms. The molecule has 36 heavy (non-hydrogen) atoms. The van der Waals surface area contributed by atoms with Gasteiger partial charge in [0.2, 0.25) is 15.0 Å². The Hall–Kier alpha value is -3.27. The molecule has 0 aromatic carbocycles. The summed E-state index contributed by atoms with van der Waals surface area (Å²) < 4.78 is 114. The molecule has 5 heterocycles. The number of pyridine rings is 1. The molecule has 1 atom stereocenters. The number of alkyl halides is 6. The van der Waals surface area contributed by atoms with Crippen LogP contribution in [-0.2, 0) is 26.9 Å². The number of hydrogen-bond donors (Lipinski definition) is 0. The topological polar surface area (TPSA) is 104 Å². The van der Waals surface area contributed by atoms with Gasteiger partial charge in [0, 0.05) is 19.1 Å². The van der Waals surface area contributed by atoms with Crippen molar-refractivity contribution in [2.75, 3.05) is 12.9 Å². The van der Waals surface area contributed by atoms with Gasteiger partial charge in [-0.2, -0.15) is 31.4 Å². The van der Waals surface area contributed by atoms with Crippen LogP contribution >= 0.6 is 0 Å². The molecule has 0 radical (unpaired) electrons. The maximum Gasteiger partial charge on any atom is 0.433 e. The van der Waals surface area contributed by atoms with Gasteiger partial charge in [0.25, 0.3) is 0 Å².